The molecule has 0 saturated heterocycles. The van der Waals surface area contributed by atoms with Gasteiger partial charge in [0, 0.05) is 24.6 Å². The number of rotatable bonds is 10. The van der Waals surface area contributed by atoms with Crippen molar-refractivity contribution in [3.63, 3.8) is 0 Å². The number of imidazole rings is 1. The van der Waals surface area contributed by atoms with Gasteiger partial charge in [-0.15, -0.1) is 5.10 Å². The number of benzene rings is 3. The van der Waals surface area contributed by atoms with Gasteiger partial charge in [-0.3, -0.25) is 9.36 Å². The lowest BCUT2D eigenvalue weighted by molar-refractivity contribution is -0.130. The first-order valence-electron chi connectivity index (χ1n) is 15.7. The third-order valence-corrected chi connectivity index (χ3v) is 9.26. The van der Waals surface area contributed by atoms with Crippen LogP contribution in [0.15, 0.2) is 65.1 Å². The smallest absolute Gasteiger partial charge is 0.313 e. The van der Waals surface area contributed by atoms with Crippen LogP contribution in [-0.2, 0) is 17.6 Å². The number of aromatic nitrogens is 4. The minimum Gasteiger partial charge on any atom is -0.402 e. The van der Waals surface area contributed by atoms with Crippen LogP contribution in [0.25, 0.3) is 28.5 Å². The third-order valence-electron chi connectivity index (χ3n) is 8.68. The number of halogens is 4. The second-order valence-corrected chi connectivity index (χ2v) is 12.5. The Morgan fingerprint density at radius 2 is 1.79 bits per heavy atom. The number of carbonyl (C=O) groups excluding carboxylic acids is 1. The summed E-state index contributed by atoms with van der Waals surface area (Å²) in [6, 6.07) is 17.1. The summed E-state index contributed by atoms with van der Waals surface area (Å²) in [4.78, 5) is 20.6. The normalized spacial score (nSPS) is 13.6. The average molecular weight is 680 g/mol. The summed E-state index contributed by atoms with van der Waals surface area (Å²) < 4.78 is 38.3. The van der Waals surface area contributed by atoms with Crippen molar-refractivity contribution in [1.29, 1.82) is 0 Å². The highest BCUT2D eigenvalue weighted by atomic mass is 35.5. The van der Waals surface area contributed by atoms with Crippen molar-refractivity contribution in [2.75, 3.05) is 18.8 Å². The largest absolute Gasteiger partial charge is 0.402 e. The van der Waals surface area contributed by atoms with Gasteiger partial charge in [-0.05, 0) is 61.6 Å². The zero-order chi connectivity index (χ0) is 33.1. The Kier molecular flexibility index (Phi) is 9.89. The number of anilines is 1. The van der Waals surface area contributed by atoms with Crippen molar-refractivity contribution in [1.82, 2.24) is 24.6 Å². The van der Waals surface area contributed by atoms with Crippen molar-refractivity contribution in [3.8, 4) is 28.5 Å². The summed E-state index contributed by atoms with van der Waals surface area (Å²) in [5.74, 6) is -1.02. The zero-order valence-corrected chi connectivity index (χ0v) is 27.4. The second kappa shape index (κ2) is 14.2. The average Bonchev–Trinajstić information content (AvgIpc) is 3.69. The highest BCUT2D eigenvalue weighted by Crippen LogP contribution is 2.43. The SMILES string of the molecule is CCN(CCc1ccccc1)C(=O)Cc1ccc(Cl)c(F)c1-n1c(C2CCCCC2)nc(-c2nnc(N)o2)c1-c1ccc(F)c(Cl)c1. The molecular formula is C35H34Cl2F2N6O2. The molecule has 1 saturated carbocycles. The number of amides is 1. The molecule has 0 atom stereocenters. The van der Waals surface area contributed by atoms with Crippen LogP contribution in [0.1, 0.15) is 61.9 Å². The number of likely N-dealkylation sites (N-methyl/N-ethyl adjacent to an activating group) is 1. The van der Waals surface area contributed by atoms with Crippen molar-refractivity contribution in [3.05, 3.63) is 99.3 Å². The van der Waals surface area contributed by atoms with E-state index < -0.39 is 11.6 Å². The Labute approximate surface area is 281 Å². The van der Waals surface area contributed by atoms with Crippen molar-refractivity contribution >= 4 is 35.1 Å². The number of nitrogens with two attached hydrogens (primary N) is 1. The van der Waals surface area contributed by atoms with E-state index >= 15 is 4.39 Å². The molecule has 244 valence electrons. The van der Waals surface area contributed by atoms with Crippen LogP contribution in [0, 0.1) is 11.6 Å². The second-order valence-electron chi connectivity index (χ2n) is 11.7. The van der Waals surface area contributed by atoms with E-state index in [-0.39, 0.29) is 51.6 Å². The number of nitrogen functional groups attached to an aromatic ring is 1. The summed E-state index contributed by atoms with van der Waals surface area (Å²) in [5.41, 5.74) is 8.40. The van der Waals surface area contributed by atoms with Crippen LogP contribution < -0.4 is 5.73 Å². The molecule has 3 aromatic carbocycles. The van der Waals surface area contributed by atoms with Gasteiger partial charge in [0.25, 0.3) is 5.89 Å². The summed E-state index contributed by atoms with van der Waals surface area (Å²) >= 11 is 12.7. The summed E-state index contributed by atoms with van der Waals surface area (Å²) in [7, 11) is 0. The van der Waals surface area contributed by atoms with E-state index in [2.05, 4.69) is 10.2 Å². The molecule has 0 aliphatic heterocycles. The standard InChI is InChI=1S/C35H34Cl2F2N6O2/c1-2-44(18-17-21-9-5-3-6-10-21)28(46)20-24-13-15-25(36)29(39)31(24)45-32(23-14-16-27(38)26(37)19-23)30(34-42-43-35(40)47-34)41-33(45)22-11-7-4-8-12-22/h3,5-6,9-10,13-16,19,22H,2,4,7-8,11-12,17-18,20H2,1H3,(H2,40,43). The van der Waals surface area contributed by atoms with Crippen molar-refractivity contribution in [2.45, 2.75) is 57.8 Å². The highest BCUT2D eigenvalue weighted by Gasteiger charge is 2.33. The molecule has 1 aliphatic rings. The molecule has 2 N–H and O–H groups in total. The van der Waals surface area contributed by atoms with Gasteiger partial charge in [-0.1, -0.05) is 84.0 Å². The van der Waals surface area contributed by atoms with Crippen LogP contribution in [0.2, 0.25) is 10.0 Å². The number of hydrogen-bond donors (Lipinski definition) is 1. The first-order chi connectivity index (χ1) is 22.7. The van der Waals surface area contributed by atoms with Gasteiger partial charge in [0.15, 0.2) is 11.5 Å². The minimum atomic E-state index is -0.718. The number of hydrogen-bond acceptors (Lipinski definition) is 6. The van der Waals surface area contributed by atoms with Gasteiger partial charge < -0.3 is 15.1 Å². The summed E-state index contributed by atoms with van der Waals surface area (Å²) in [6.07, 6.45) is 5.22. The molecule has 0 bridgehead atoms. The lowest BCUT2D eigenvalue weighted by Gasteiger charge is -2.26. The molecule has 2 heterocycles. The molecule has 0 radical (unpaired) electrons. The Morgan fingerprint density at radius 3 is 2.47 bits per heavy atom. The molecule has 47 heavy (non-hydrogen) atoms. The summed E-state index contributed by atoms with van der Waals surface area (Å²) in [5, 5.41) is 7.65. The van der Waals surface area contributed by atoms with Crippen LogP contribution >= 0.6 is 23.2 Å². The predicted molar refractivity (Wildman–Crippen MR) is 179 cm³/mol. The third kappa shape index (κ3) is 6.89. The molecule has 6 rings (SSSR count). The van der Waals surface area contributed by atoms with Crippen molar-refractivity contribution < 1.29 is 18.0 Å². The van der Waals surface area contributed by atoms with Gasteiger partial charge in [-0.25, -0.2) is 13.8 Å². The van der Waals surface area contributed by atoms with Crippen LogP contribution in [-0.4, -0.2) is 43.6 Å². The molecular weight excluding hydrogens is 645 g/mol. The first kappa shape index (κ1) is 32.7. The van der Waals surface area contributed by atoms with E-state index in [9.17, 15) is 9.18 Å². The molecule has 5 aromatic rings. The van der Waals surface area contributed by atoms with E-state index in [1.807, 2.05) is 37.3 Å². The van der Waals surface area contributed by atoms with Gasteiger partial charge in [-0.2, -0.15) is 0 Å². The van der Waals surface area contributed by atoms with E-state index in [1.54, 1.807) is 15.5 Å². The van der Waals surface area contributed by atoms with E-state index in [0.717, 1.165) is 37.7 Å². The van der Waals surface area contributed by atoms with Gasteiger partial charge in [0.1, 0.15) is 11.6 Å². The monoisotopic (exact) mass is 678 g/mol. The van der Waals surface area contributed by atoms with E-state index in [0.29, 0.717) is 42.2 Å². The Hall–Kier alpha value is -4.28. The van der Waals surface area contributed by atoms with Gasteiger partial charge in [0.05, 0.1) is 27.8 Å². The van der Waals surface area contributed by atoms with E-state index in [4.69, 9.17) is 38.3 Å². The van der Waals surface area contributed by atoms with Gasteiger partial charge >= 0.3 is 6.01 Å². The Balaban J connectivity index is 1.53. The molecule has 0 unspecified atom stereocenters. The fourth-order valence-electron chi connectivity index (χ4n) is 6.29. The highest BCUT2D eigenvalue weighted by molar-refractivity contribution is 6.31. The van der Waals surface area contributed by atoms with Crippen molar-refractivity contribution in [2.24, 2.45) is 0 Å². The predicted octanol–water partition coefficient (Wildman–Crippen LogP) is 8.44. The fraction of sp³-hybridized carbons (Fsp3) is 0.314. The maximum Gasteiger partial charge on any atom is 0.313 e. The number of nitrogens with zero attached hydrogens (tertiary/aromatic N) is 5. The fourth-order valence-corrected chi connectivity index (χ4v) is 6.63. The molecule has 1 fully saturated rings. The maximum absolute atomic E-state index is 16.6. The van der Waals surface area contributed by atoms with Gasteiger partial charge in [0.2, 0.25) is 5.91 Å². The molecule has 2 aromatic heterocycles. The molecule has 1 amide bonds. The summed E-state index contributed by atoms with van der Waals surface area (Å²) in [6.45, 7) is 2.91. The molecule has 1 aliphatic carbocycles. The lowest BCUT2D eigenvalue weighted by Crippen LogP contribution is -2.34. The van der Waals surface area contributed by atoms with Crippen LogP contribution in [0.5, 0.6) is 0 Å². The Morgan fingerprint density at radius 1 is 1.02 bits per heavy atom. The zero-order valence-electron chi connectivity index (χ0n) is 25.9. The van der Waals surface area contributed by atoms with Crippen LogP contribution in [0.4, 0.5) is 14.8 Å². The Bertz CT molecular complexity index is 1890. The molecule has 0 spiro atoms. The quantitative estimate of drug-likeness (QED) is 0.159. The topological polar surface area (TPSA) is 103 Å². The molecule has 12 heteroatoms. The minimum absolute atomic E-state index is 0.00638. The maximum atomic E-state index is 16.6. The first-order valence-corrected chi connectivity index (χ1v) is 16.5. The molecule has 8 nitrogen and oxygen atoms in total. The van der Waals surface area contributed by atoms with E-state index in [1.165, 1.54) is 24.3 Å². The van der Waals surface area contributed by atoms with Crippen LogP contribution in [0.3, 0.4) is 0 Å². The number of carbonyl (C=O) groups is 1. The lowest BCUT2D eigenvalue weighted by atomic mass is 9.88.